The van der Waals surface area contributed by atoms with Crippen LogP contribution in [0.2, 0.25) is 0 Å². The lowest BCUT2D eigenvalue weighted by Crippen LogP contribution is -2.57. The Morgan fingerprint density at radius 3 is 2.55 bits per heavy atom. The van der Waals surface area contributed by atoms with E-state index in [2.05, 4.69) is 22.1 Å². The van der Waals surface area contributed by atoms with Crippen LogP contribution in [0.3, 0.4) is 0 Å². The standard InChI is InChI=1S/C16H23N5O/c17-14-19-15(18)21(16(20-14)10-5-2-6-11-16)22-12-9-13-7-3-1-4-8-13/h1,3-4,7-8H,2,5-6,9-12H2,(H4,17,18,19,20). The molecule has 1 saturated carbocycles. The molecule has 1 fully saturated rings. The summed E-state index contributed by atoms with van der Waals surface area (Å²) in [6.07, 6.45) is 6.03. The zero-order chi connectivity index (χ0) is 15.4. The van der Waals surface area contributed by atoms with Crippen LogP contribution in [0.5, 0.6) is 0 Å². The zero-order valence-corrected chi connectivity index (χ0v) is 12.7. The third kappa shape index (κ3) is 3.06. The summed E-state index contributed by atoms with van der Waals surface area (Å²) in [7, 11) is 0. The number of aliphatic imine (C=N–C) groups is 2. The van der Waals surface area contributed by atoms with Gasteiger partial charge >= 0.3 is 0 Å². The van der Waals surface area contributed by atoms with Crippen LogP contribution in [-0.4, -0.2) is 29.3 Å². The van der Waals surface area contributed by atoms with Gasteiger partial charge in [-0.05, 0) is 37.7 Å². The molecule has 22 heavy (non-hydrogen) atoms. The van der Waals surface area contributed by atoms with Crippen LogP contribution in [0.25, 0.3) is 0 Å². The number of nitrogens with zero attached hydrogens (tertiary/aromatic N) is 3. The molecule has 0 saturated heterocycles. The van der Waals surface area contributed by atoms with Gasteiger partial charge in [0.25, 0.3) is 0 Å². The summed E-state index contributed by atoms with van der Waals surface area (Å²) in [5.74, 6) is 0.560. The van der Waals surface area contributed by atoms with Crippen LogP contribution in [-0.2, 0) is 11.3 Å². The van der Waals surface area contributed by atoms with Gasteiger partial charge in [-0.3, -0.25) is 4.84 Å². The second-order valence-corrected chi connectivity index (χ2v) is 5.85. The van der Waals surface area contributed by atoms with Gasteiger partial charge in [0, 0.05) is 0 Å². The molecule has 4 N–H and O–H groups in total. The van der Waals surface area contributed by atoms with Crippen LogP contribution in [0.1, 0.15) is 37.7 Å². The summed E-state index contributed by atoms with van der Waals surface area (Å²) < 4.78 is 0. The number of hydroxylamine groups is 2. The molecule has 6 nitrogen and oxygen atoms in total. The average molecular weight is 301 g/mol. The molecular formula is C16H23N5O. The third-order valence-corrected chi connectivity index (χ3v) is 4.25. The van der Waals surface area contributed by atoms with E-state index in [-0.39, 0.29) is 5.96 Å². The SMILES string of the molecule is NC1=NC2(CCCCC2)N(OCCc2ccccc2)C(N)=N1. The fourth-order valence-corrected chi connectivity index (χ4v) is 3.18. The maximum atomic E-state index is 6.04. The number of benzene rings is 1. The van der Waals surface area contributed by atoms with E-state index in [0.29, 0.717) is 12.6 Å². The summed E-state index contributed by atoms with van der Waals surface area (Å²) in [6, 6.07) is 10.2. The number of guanidine groups is 2. The van der Waals surface area contributed by atoms with Gasteiger partial charge in [0.05, 0.1) is 6.61 Å². The molecule has 0 unspecified atom stereocenters. The Hall–Kier alpha value is -2.08. The van der Waals surface area contributed by atoms with Gasteiger partial charge in [0.1, 0.15) is 0 Å². The molecular weight excluding hydrogens is 278 g/mol. The smallest absolute Gasteiger partial charge is 0.226 e. The summed E-state index contributed by atoms with van der Waals surface area (Å²) in [5, 5.41) is 1.69. The van der Waals surface area contributed by atoms with Crippen molar-refractivity contribution in [2.45, 2.75) is 44.2 Å². The molecule has 0 aromatic heterocycles. The minimum Gasteiger partial charge on any atom is -0.368 e. The second-order valence-electron chi connectivity index (χ2n) is 5.85. The molecule has 1 heterocycles. The van der Waals surface area contributed by atoms with E-state index in [4.69, 9.17) is 16.3 Å². The molecule has 0 atom stereocenters. The van der Waals surface area contributed by atoms with Gasteiger partial charge in [-0.25, -0.2) is 4.99 Å². The second kappa shape index (κ2) is 6.36. The zero-order valence-electron chi connectivity index (χ0n) is 12.7. The van der Waals surface area contributed by atoms with Crippen molar-refractivity contribution >= 4 is 11.9 Å². The molecule has 6 heteroatoms. The lowest BCUT2D eigenvalue weighted by atomic mass is 9.89. The van der Waals surface area contributed by atoms with Crippen molar-refractivity contribution in [1.29, 1.82) is 0 Å². The average Bonchev–Trinajstić information content (AvgIpc) is 2.52. The first-order chi connectivity index (χ1) is 10.7. The van der Waals surface area contributed by atoms with E-state index >= 15 is 0 Å². The van der Waals surface area contributed by atoms with Gasteiger partial charge in [-0.2, -0.15) is 10.1 Å². The Balaban J connectivity index is 1.68. The molecule has 1 aromatic rings. The number of hydrogen-bond acceptors (Lipinski definition) is 6. The first-order valence-corrected chi connectivity index (χ1v) is 7.86. The Kier molecular flexibility index (Phi) is 4.29. The molecule has 1 spiro atoms. The van der Waals surface area contributed by atoms with E-state index in [0.717, 1.165) is 32.1 Å². The van der Waals surface area contributed by atoms with Gasteiger partial charge in [-0.15, -0.1) is 0 Å². The Morgan fingerprint density at radius 2 is 1.82 bits per heavy atom. The van der Waals surface area contributed by atoms with Crippen molar-refractivity contribution < 1.29 is 4.84 Å². The van der Waals surface area contributed by atoms with Crippen molar-refractivity contribution in [3.8, 4) is 0 Å². The van der Waals surface area contributed by atoms with Crippen molar-refractivity contribution in [3.63, 3.8) is 0 Å². The Bertz CT molecular complexity index is 563. The van der Waals surface area contributed by atoms with Crippen molar-refractivity contribution in [3.05, 3.63) is 35.9 Å². The monoisotopic (exact) mass is 301 g/mol. The van der Waals surface area contributed by atoms with Gasteiger partial charge < -0.3 is 11.5 Å². The van der Waals surface area contributed by atoms with E-state index in [9.17, 15) is 0 Å². The third-order valence-electron chi connectivity index (χ3n) is 4.25. The highest BCUT2D eigenvalue weighted by Gasteiger charge is 2.42. The molecule has 1 aliphatic carbocycles. The normalized spacial score (nSPS) is 20.6. The predicted octanol–water partition coefficient (Wildman–Crippen LogP) is 1.77. The Morgan fingerprint density at radius 1 is 1.09 bits per heavy atom. The van der Waals surface area contributed by atoms with Gasteiger partial charge in [0.15, 0.2) is 5.66 Å². The summed E-state index contributed by atoms with van der Waals surface area (Å²) in [4.78, 5) is 14.6. The first-order valence-electron chi connectivity index (χ1n) is 7.86. The minimum atomic E-state index is -0.467. The topological polar surface area (TPSA) is 89.2 Å². The maximum absolute atomic E-state index is 6.04. The lowest BCUT2D eigenvalue weighted by molar-refractivity contribution is -0.176. The van der Waals surface area contributed by atoms with Crippen LogP contribution in [0.4, 0.5) is 0 Å². The van der Waals surface area contributed by atoms with E-state index in [1.807, 2.05) is 18.2 Å². The quantitative estimate of drug-likeness (QED) is 0.887. The minimum absolute atomic E-state index is 0.252. The summed E-state index contributed by atoms with van der Waals surface area (Å²) in [6.45, 7) is 0.539. The van der Waals surface area contributed by atoms with E-state index in [1.54, 1.807) is 5.06 Å². The number of rotatable bonds is 4. The fourth-order valence-electron chi connectivity index (χ4n) is 3.18. The van der Waals surface area contributed by atoms with Crippen molar-refractivity contribution in [1.82, 2.24) is 5.06 Å². The summed E-state index contributed by atoms with van der Waals surface area (Å²) >= 11 is 0. The first kappa shape index (κ1) is 14.8. The van der Waals surface area contributed by atoms with E-state index in [1.165, 1.54) is 12.0 Å². The van der Waals surface area contributed by atoms with Crippen molar-refractivity contribution in [2.75, 3.05) is 6.61 Å². The molecule has 1 aromatic carbocycles. The molecule has 3 rings (SSSR count). The highest BCUT2D eigenvalue weighted by Crippen LogP contribution is 2.36. The molecule has 118 valence electrons. The maximum Gasteiger partial charge on any atom is 0.226 e. The highest BCUT2D eigenvalue weighted by molar-refractivity contribution is 5.95. The largest absolute Gasteiger partial charge is 0.368 e. The molecule has 2 aliphatic rings. The molecule has 0 bridgehead atoms. The highest BCUT2D eigenvalue weighted by atomic mass is 16.7. The van der Waals surface area contributed by atoms with Crippen LogP contribution in [0, 0.1) is 0 Å². The van der Waals surface area contributed by atoms with Crippen LogP contribution in [0.15, 0.2) is 40.3 Å². The van der Waals surface area contributed by atoms with Gasteiger partial charge in [0.2, 0.25) is 11.9 Å². The lowest BCUT2D eigenvalue weighted by Gasteiger charge is -2.44. The molecule has 0 radical (unpaired) electrons. The molecule has 0 amide bonds. The fraction of sp³-hybridized carbons (Fsp3) is 0.500. The van der Waals surface area contributed by atoms with Crippen LogP contribution >= 0.6 is 0 Å². The summed E-state index contributed by atoms with van der Waals surface area (Å²) in [5.41, 5.74) is 12.6. The Labute approximate surface area is 130 Å². The van der Waals surface area contributed by atoms with Crippen LogP contribution < -0.4 is 11.5 Å². The number of hydrogen-bond donors (Lipinski definition) is 2. The van der Waals surface area contributed by atoms with Crippen molar-refractivity contribution in [2.24, 2.45) is 21.5 Å². The van der Waals surface area contributed by atoms with Gasteiger partial charge in [-0.1, -0.05) is 36.8 Å². The van der Waals surface area contributed by atoms with E-state index < -0.39 is 5.66 Å². The number of nitrogens with two attached hydrogens (primary N) is 2. The molecule has 1 aliphatic heterocycles. The predicted molar refractivity (Wildman–Crippen MR) is 87.0 cm³/mol.